The third-order valence-electron chi connectivity index (χ3n) is 7.26. The van der Waals surface area contributed by atoms with Gasteiger partial charge in [0.05, 0.1) is 33.9 Å². The molecular formula is C32H26FN7O4S2. The molecule has 0 radical (unpaired) electrons. The van der Waals surface area contributed by atoms with Crippen molar-refractivity contribution in [2.24, 2.45) is 5.10 Å². The zero-order valence-corrected chi connectivity index (χ0v) is 26.0. The van der Waals surface area contributed by atoms with Gasteiger partial charge < -0.3 is 5.32 Å². The number of carbonyl (C=O) groups is 2. The van der Waals surface area contributed by atoms with Crippen molar-refractivity contribution in [2.75, 3.05) is 5.75 Å². The highest BCUT2D eigenvalue weighted by molar-refractivity contribution is 7.99. The first-order chi connectivity index (χ1) is 22.3. The molecule has 3 aromatic carbocycles. The molecule has 0 unspecified atom stereocenters. The maximum atomic E-state index is 13.7. The van der Waals surface area contributed by atoms with Crippen LogP contribution in [0.4, 0.5) is 10.1 Å². The molecule has 1 aliphatic heterocycles. The molecule has 0 saturated heterocycles. The Kier molecular flexibility index (Phi) is 8.99. The van der Waals surface area contributed by atoms with E-state index < -0.39 is 11.0 Å². The Morgan fingerprint density at radius 3 is 2.54 bits per heavy atom. The number of rotatable bonds is 10. The lowest BCUT2D eigenvalue weighted by atomic mass is 10.0. The predicted octanol–water partition coefficient (Wildman–Crippen LogP) is 6.08. The van der Waals surface area contributed by atoms with Crippen molar-refractivity contribution < 1.29 is 18.9 Å². The minimum Gasteiger partial charge on any atom is -0.345 e. The van der Waals surface area contributed by atoms with Crippen molar-refractivity contribution in [3.63, 3.8) is 0 Å². The first-order valence-corrected chi connectivity index (χ1v) is 16.0. The summed E-state index contributed by atoms with van der Waals surface area (Å²) >= 11 is 2.65. The number of thiophene rings is 1. The lowest BCUT2D eigenvalue weighted by Crippen LogP contribution is -2.28. The fourth-order valence-corrected chi connectivity index (χ4v) is 6.55. The molecular weight excluding hydrogens is 630 g/mol. The molecule has 0 saturated carbocycles. The number of thioether (sulfide) groups is 1. The second-order valence-electron chi connectivity index (χ2n) is 10.4. The summed E-state index contributed by atoms with van der Waals surface area (Å²) in [6, 6.07) is 22.5. The molecule has 11 nitrogen and oxygen atoms in total. The number of nitro benzene ring substituents is 1. The van der Waals surface area contributed by atoms with Crippen molar-refractivity contribution in [1.82, 2.24) is 25.1 Å². The second kappa shape index (κ2) is 13.4. The topological polar surface area (TPSA) is 136 Å². The van der Waals surface area contributed by atoms with E-state index in [0.29, 0.717) is 28.7 Å². The molecule has 0 bridgehead atoms. The van der Waals surface area contributed by atoms with Crippen LogP contribution in [0.2, 0.25) is 0 Å². The fourth-order valence-electron chi connectivity index (χ4n) is 5.01. The molecule has 14 heteroatoms. The average Bonchev–Trinajstić information content (AvgIpc) is 3.83. The van der Waals surface area contributed by atoms with Gasteiger partial charge in [0.25, 0.3) is 17.5 Å². The third-order valence-corrected chi connectivity index (χ3v) is 9.09. The van der Waals surface area contributed by atoms with Gasteiger partial charge in [0, 0.05) is 29.8 Å². The van der Waals surface area contributed by atoms with E-state index in [4.69, 9.17) is 0 Å². The highest BCUT2D eigenvalue weighted by Crippen LogP contribution is 2.35. The summed E-state index contributed by atoms with van der Waals surface area (Å²) in [7, 11) is 0. The molecule has 3 heterocycles. The monoisotopic (exact) mass is 655 g/mol. The fraction of sp³-hybridized carbons (Fsp3) is 0.156. The van der Waals surface area contributed by atoms with Crippen LogP contribution in [0.25, 0.3) is 5.69 Å². The minimum absolute atomic E-state index is 0.0124. The van der Waals surface area contributed by atoms with Crippen LogP contribution < -0.4 is 5.32 Å². The van der Waals surface area contributed by atoms with Crippen LogP contribution in [0.15, 0.2) is 101 Å². The van der Waals surface area contributed by atoms with E-state index in [1.54, 1.807) is 47.0 Å². The Balaban J connectivity index is 1.25. The van der Waals surface area contributed by atoms with Gasteiger partial charge in [0.2, 0.25) is 0 Å². The van der Waals surface area contributed by atoms with Gasteiger partial charge in [-0.1, -0.05) is 47.7 Å². The smallest absolute Gasteiger partial charge is 0.269 e. The van der Waals surface area contributed by atoms with Gasteiger partial charge in [-0.3, -0.25) is 24.3 Å². The average molecular weight is 656 g/mol. The molecule has 2 amide bonds. The molecule has 0 aliphatic carbocycles. The van der Waals surface area contributed by atoms with Gasteiger partial charge in [-0.25, -0.2) is 9.40 Å². The Morgan fingerprint density at radius 2 is 1.85 bits per heavy atom. The molecule has 46 heavy (non-hydrogen) atoms. The normalized spacial score (nSPS) is 14.3. The van der Waals surface area contributed by atoms with Crippen LogP contribution in [-0.4, -0.2) is 48.0 Å². The lowest BCUT2D eigenvalue weighted by molar-refractivity contribution is -0.384. The van der Waals surface area contributed by atoms with E-state index in [0.717, 1.165) is 33.5 Å². The van der Waals surface area contributed by atoms with Crippen molar-refractivity contribution in [3.05, 3.63) is 134 Å². The standard InChI is InChI=1S/C32H26FN7O4S2/c1-20-4-2-5-22(16-20)31(42)34-18-29-35-36-32(38(29)24-11-13-25(14-12-24)40(43)44)46-19-30(41)39-27(21-7-9-23(33)10-8-21)17-26(37-39)28-6-3-15-45-28/h2-16,27H,17-19H2,1H3,(H,34,42)/t27-/m0/s1. The lowest BCUT2D eigenvalue weighted by Gasteiger charge is -2.22. The maximum absolute atomic E-state index is 13.7. The molecule has 1 aliphatic rings. The molecule has 1 atom stereocenters. The first kappa shape index (κ1) is 30.8. The van der Waals surface area contributed by atoms with Crippen LogP contribution in [0.1, 0.15) is 44.6 Å². The number of non-ortho nitro benzene ring substituents is 1. The van der Waals surface area contributed by atoms with Gasteiger partial charge in [-0.2, -0.15) is 5.10 Å². The number of aromatic nitrogens is 3. The molecule has 0 spiro atoms. The summed E-state index contributed by atoms with van der Waals surface area (Å²) < 4.78 is 15.4. The van der Waals surface area contributed by atoms with Crippen LogP contribution in [-0.2, 0) is 11.3 Å². The Morgan fingerprint density at radius 1 is 1.07 bits per heavy atom. The summed E-state index contributed by atoms with van der Waals surface area (Å²) in [5.41, 5.74) is 3.39. The number of nitrogens with one attached hydrogen (secondary N) is 1. The maximum Gasteiger partial charge on any atom is 0.269 e. The third kappa shape index (κ3) is 6.72. The highest BCUT2D eigenvalue weighted by atomic mass is 32.2. The number of carbonyl (C=O) groups excluding carboxylic acids is 2. The number of nitro groups is 1. The summed E-state index contributed by atoms with van der Waals surface area (Å²) in [6.07, 6.45) is 0.478. The van der Waals surface area contributed by atoms with Gasteiger partial charge >= 0.3 is 0 Å². The highest BCUT2D eigenvalue weighted by Gasteiger charge is 2.34. The number of amides is 2. The Labute approximate surface area is 270 Å². The number of aryl methyl sites for hydroxylation is 1. The number of hydrazone groups is 1. The summed E-state index contributed by atoms with van der Waals surface area (Å²) in [6.45, 7) is 1.91. The Bertz CT molecular complexity index is 1930. The number of nitrogens with zero attached hydrogens (tertiary/aromatic N) is 6. The van der Waals surface area contributed by atoms with Crippen LogP contribution in [0.3, 0.4) is 0 Å². The largest absolute Gasteiger partial charge is 0.345 e. The SMILES string of the molecule is Cc1cccc(C(=O)NCc2nnc(SCC(=O)N3N=C(c4cccs4)C[C@H]3c3ccc(F)cc3)n2-c2ccc([N+](=O)[O-])cc2)c1. The number of hydrogen-bond donors (Lipinski definition) is 1. The molecule has 6 rings (SSSR count). The summed E-state index contributed by atoms with van der Waals surface area (Å²) in [5, 5.41) is 31.1. The predicted molar refractivity (Wildman–Crippen MR) is 173 cm³/mol. The van der Waals surface area contributed by atoms with Gasteiger partial charge in [0.1, 0.15) is 5.82 Å². The first-order valence-electron chi connectivity index (χ1n) is 14.1. The van der Waals surface area contributed by atoms with E-state index in [1.165, 1.54) is 40.6 Å². The number of benzene rings is 3. The van der Waals surface area contributed by atoms with Gasteiger partial charge in [0.15, 0.2) is 11.0 Å². The minimum atomic E-state index is -0.494. The van der Waals surface area contributed by atoms with Crippen molar-refractivity contribution >= 4 is 46.3 Å². The van der Waals surface area contributed by atoms with E-state index in [2.05, 4.69) is 20.6 Å². The number of hydrogen-bond acceptors (Lipinski definition) is 9. The van der Waals surface area contributed by atoms with E-state index >= 15 is 0 Å². The Hall–Kier alpha value is -5.21. The van der Waals surface area contributed by atoms with E-state index in [1.807, 2.05) is 30.5 Å². The summed E-state index contributed by atoms with van der Waals surface area (Å²) in [5.74, 6) is -0.649. The van der Waals surface area contributed by atoms with Crippen molar-refractivity contribution in [2.45, 2.75) is 31.1 Å². The van der Waals surface area contributed by atoms with E-state index in [-0.39, 0.29) is 35.6 Å². The molecule has 1 N–H and O–H groups in total. The molecule has 2 aromatic heterocycles. The molecule has 0 fully saturated rings. The quantitative estimate of drug-likeness (QED) is 0.109. The van der Waals surface area contributed by atoms with Crippen LogP contribution in [0, 0.1) is 22.9 Å². The van der Waals surface area contributed by atoms with Gasteiger partial charge in [-0.05, 0) is 60.3 Å². The van der Waals surface area contributed by atoms with Crippen LogP contribution in [0.5, 0.6) is 0 Å². The summed E-state index contributed by atoms with van der Waals surface area (Å²) in [4.78, 5) is 38.3. The van der Waals surface area contributed by atoms with E-state index in [9.17, 15) is 24.1 Å². The van der Waals surface area contributed by atoms with Gasteiger partial charge in [-0.15, -0.1) is 21.5 Å². The zero-order chi connectivity index (χ0) is 32.2. The van der Waals surface area contributed by atoms with Crippen molar-refractivity contribution in [1.29, 1.82) is 0 Å². The van der Waals surface area contributed by atoms with Crippen LogP contribution >= 0.6 is 23.1 Å². The molecule has 5 aromatic rings. The number of halogens is 1. The molecule has 232 valence electrons. The zero-order valence-electron chi connectivity index (χ0n) is 24.4. The second-order valence-corrected chi connectivity index (χ2v) is 12.3. The van der Waals surface area contributed by atoms with Crippen molar-refractivity contribution in [3.8, 4) is 5.69 Å².